The summed E-state index contributed by atoms with van der Waals surface area (Å²) in [5.41, 5.74) is 5.98. The Bertz CT molecular complexity index is 604. The largest absolute Gasteiger partial charge is 0.479 e. The molecular weight excluding hydrogens is 250 g/mol. The van der Waals surface area contributed by atoms with Gasteiger partial charge in [-0.1, -0.05) is 0 Å². The van der Waals surface area contributed by atoms with Gasteiger partial charge in [-0.3, -0.25) is 9.59 Å². The first kappa shape index (κ1) is 12.6. The first-order valence-electron chi connectivity index (χ1n) is 5.32. The Labute approximate surface area is 108 Å². The summed E-state index contributed by atoms with van der Waals surface area (Å²) in [5.74, 6) is -0.759. The zero-order valence-corrected chi connectivity index (χ0v) is 10.0. The van der Waals surface area contributed by atoms with Crippen LogP contribution in [0, 0.1) is 0 Å². The van der Waals surface area contributed by atoms with Crippen molar-refractivity contribution in [2.75, 3.05) is 12.4 Å². The first-order valence-corrected chi connectivity index (χ1v) is 5.32. The number of anilines is 1. The normalized spacial score (nSPS) is 9.95. The molecule has 2 rings (SSSR count). The number of carbonyl (C=O) groups excluding carboxylic acids is 2. The number of nitrogens with two attached hydrogens (primary N) is 1. The van der Waals surface area contributed by atoms with E-state index in [1.165, 1.54) is 25.3 Å². The Hall–Kier alpha value is -2.83. The van der Waals surface area contributed by atoms with Crippen LogP contribution in [0.1, 0.15) is 20.9 Å². The molecule has 2 amide bonds. The molecule has 0 unspecified atom stereocenters. The average molecular weight is 261 g/mol. The monoisotopic (exact) mass is 261 g/mol. The summed E-state index contributed by atoms with van der Waals surface area (Å²) in [7, 11) is 1.42. The van der Waals surface area contributed by atoms with Crippen molar-refractivity contribution in [3.63, 3.8) is 0 Å². The average Bonchev–Trinajstić information content (AvgIpc) is 2.88. The molecule has 1 heterocycles. The Morgan fingerprint density at radius 2 is 2.00 bits per heavy atom. The van der Waals surface area contributed by atoms with Crippen molar-refractivity contribution in [3.8, 4) is 5.88 Å². The van der Waals surface area contributed by atoms with Gasteiger partial charge in [-0.15, -0.1) is 0 Å². The number of hydrogen-bond donors (Lipinski definition) is 2. The number of primary amides is 1. The molecule has 7 heteroatoms. The van der Waals surface area contributed by atoms with E-state index < -0.39 is 11.8 Å². The van der Waals surface area contributed by atoms with Gasteiger partial charge in [0.1, 0.15) is 0 Å². The molecule has 0 aliphatic carbocycles. The third kappa shape index (κ3) is 2.89. The van der Waals surface area contributed by atoms with Gasteiger partial charge in [0, 0.05) is 11.3 Å². The summed E-state index contributed by atoms with van der Waals surface area (Å²) < 4.78 is 9.59. The molecule has 0 atom stereocenters. The van der Waals surface area contributed by atoms with Crippen LogP contribution < -0.4 is 15.8 Å². The molecule has 0 bridgehead atoms. The minimum atomic E-state index is -0.530. The van der Waals surface area contributed by atoms with Gasteiger partial charge < -0.3 is 20.3 Å². The minimum absolute atomic E-state index is 0.0239. The highest BCUT2D eigenvalue weighted by Gasteiger charge is 2.13. The molecule has 0 aliphatic heterocycles. The summed E-state index contributed by atoms with van der Waals surface area (Å²) in [6.07, 6.45) is 0. The second-order valence-corrected chi connectivity index (χ2v) is 3.63. The lowest BCUT2D eigenvalue weighted by Crippen LogP contribution is -2.13. The van der Waals surface area contributed by atoms with Crippen molar-refractivity contribution in [3.05, 3.63) is 41.7 Å². The molecule has 2 aromatic rings. The van der Waals surface area contributed by atoms with Crippen LogP contribution in [0.5, 0.6) is 5.88 Å². The summed E-state index contributed by atoms with van der Waals surface area (Å²) in [5, 5.41) is 6.10. The number of aromatic nitrogens is 1. The number of ether oxygens (including phenoxy) is 1. The van der Waals surface area contributed by atoms with Crippen LogP contribution in [0.25, 0.3) is 0 Å². The highest BCUT2D eigenvalue weighted by Crippen LogP contribution is 2.14. The summed E-state index contributed by atoms with van der Waals surface area (Å²) in [6.45, 7) is 0. The third-order valence-electron chi connectivity index (χ3n) is 2.35. The fourth-order valence-corrected chi connectivity index (χ4v) is 1.37. The molecule has 98 valence electrons. The third-order valence-corrected chi connectivity index (χ3v) is 2.35. The standard InChI is InChI=1S/C12H11N3O4/c1-18-10-6-9(19-15-10)12(17)14-8-4-2-7(3-5-8)11(13)16/h2-6H,1H3,(H2,13,16)(H,14,17). The van der Waals surface area contributed by atoms with Crippen LogP contribution >= 0.6 is 0 Å². The van der Waals surface area contributed by atoms with Crippen molar-refractivity contribution >= 4 is 17.5 Å². The van der Waals surface area contributed by atoms with Crippen LogP contribution in [0.15, 0.2) is 34.9 Å². The predicted molar refractivity (Wildman–Crippen MR) is 66.0 cm³/mol. The van der Waals surface area contributed by atoms with Crippen molar-refractivity contribution in [1.29, 1.82) is 0 Å². The van der Waals surface area contributed by atoms with E-state index in [2.05, 4.69) is 10.5 Å². The van der Waals surface area contributed by atoms with Gasteiger partial charge in [0.15, 0.2) is 0 Å². The molecule has 19 heavy (non-hydrogen) atoms. The number of hydrogen-bond acceptors (Lipinski definition) is 5. The van der Waals surface area contributed by atoms with E-state index in [4.69, 9.17) is 15.0 Å². The number of nitrogens with zero attached hydrogens (tertiary/aromatic N) is 1. The molecule has 0 fully saturated rings. The molecule has 1 aromatic carbocycles. The van der Waals surface area contributed by atoms with Crippen molar-refractivity contribution in [1.82, 2.24) is 5.16 Å². The lowest BCUT2D eigenvalue weighted by Gasteiger charge is -2.02. The quantitative estimate of drug-likeness (QED) is 0.854. The van der Waals surface area contributed by atoms with Crippen LogP contribution in [-0.2, 0) is 0 Å². The first-order chi connectivity index (χ1) is 9.10. The smallest absolute Gasteiger partial charge is 0.294 e. The van der Waals surface area contributed by atoms with E-state index in [0.29, 0.717) is 11.3 Å². The van der Waals surface area contributed by atoms with E-state index in [1.807, 2.05) is 0 Å². The molecule has 0 aliphatic rings. The second kappa shape index (κ2) is 5.21. The lowest BCUT2D eigenvalue weighted by atomic mass is 10.2. The number of carbonyl (C=O) groups is 2. The number of benzene rings is 1. The predicted octanol–water partition coefficient (Wildman–Crippen LogP) is 1.03. The van der Waals surface area contributed by atoms with Crippen LogP contribution in [0.4, 0.5) is 5.69 Å². The van der Waals surface area contributed by atoms with E-state index in [0.717, 1.165) is 0 Å². The maximum absolute atomic E-state index is 11.8. The van der Waals surface area contributed by atoms with Gasteiger partial charge in [0.05, 0.1) is 13.2 Å². The zero-order valence-electron chi connectivity index (χ0n) is 10.0. The Kier molecular flexibility index (Phi) is 3.46. The van der Waals surface area contributed by atoms with Gasteiger partial charge in [-0.25, -0.2) is 0 Å². The number of methoxy groups -OCH3 is 1. The molecule has 7 nitrogen and oxygen atoms in total. The second-order valence-electron chi connectivity index (χ2n) is 3.63. The van der Waals surface area contributed by atoms with E-state index >= 15 is 0 Å². The maximum atomic E-state index is 11.8. The van der Waals surface area contributed by atoms with Crippen molar-refractivity contribution < 1.29 is 18.8 Å². The van der Waals surface area contributed by atoms with Crippen LogP contribution in [0.2, 0.25) is 0 Å². The van der Waals surface area contributed by atoms with Gasteiger partial charge >= 0.3 is 0 Å². The zero-order chi connectivity index (χ0) is 13.8. The Morgan fingerprint density at radius 1 is 1.32 bits per heavy atom. The van der Waals surface area contributed by atoms with E-state index in [-0.39, 0.29) is 11.6 Å². The summed E-state index contributed by atoms with van der Waals surface area (Å²) in [4.78, 5) is 22.7. The Morgan fingerprint density at radius 3 is 2.53 bits per heavy atom. The molecule has 0 saturated heterocycles. The summed E-state index contributed by atoms with van der Waals surface area (Å²) in [6, 6.07) is 7.52. The van der Waals surface area contributed by atoms with Crippen molar-refractivity contribution in [2.45, 2.75) is 0 Å². The lowest BCUT2D eigenvalue weighted by molar-refractivity contribution is 0.0984. The number of rotatable bonds is 4. The highest BCUT2D eigenvalue weighted by molar-refractivity contribution is 6.02. The molecule has 0 spiro atoms. The summed E-state index contributed by atoms with van der Waals surface area (Å²) >= 11 is 0. The molecule has 0 saturated carbocycles. The van der Waals surface area contributed by atoms with Crippen molar-refractivity contribution in [2.24, 2.45) is 5.73 Å². The van der Waals surface area contributed by atoms with Crippen LogP contribution in [-0.4, -0.2) is 24.1 Å². The molecule has 3 N–H and O–H groups in total. The highest BCUT2D eigenvalue weighted by atomic mass is 16.5. The molecule has 1 aromatic heterocycles. The number of amides is 2. The fourth-order valence-electron chi connectivity index (χ4n) is 1.37. The topological polar surface area (TPSA) is 107 Å². The van der Waals surface area contributed by atoms with Crippen LogP contribution in [0.3, 0.4) is 0 Å². The SMILES string of the molecule is COc1cc(C(=O)Nc2ccc(C(N)=O)cc2)on1. The van der Waals surface area contributed by atoms with E-state index in [9.17, 15) is 9.59 Å². The number of nitrogens with one attached hydrogen (secondary N) is 1. The van der Waals surface area contributed by atoms with Gasteiger partial charge in [0.2, 0.25) is 11.7 Å². The van der Waals surface area contributed by atoms with Gasteiger partial charge in [0.25, 0.3) is 11.8 Å². The maximum Gasteiger partial charge on any atom is 0.294 e. The van der Waals surface area contributed by atoms with Gasteiger partial charge in [-0.05, 0) is 29.4 Å². The minimum Gasteiger partial charge on any atom is -0.479 e. The van der Waals surface area contributed by atoms with Gasteiger partial charge in [-0.2, -0.15) is 0 Å². The van der Waals surface area contributed by atoms with E-state index in [1.54, 1.807) is 12.1 Å². The Balaban J connectivity index is 2.08. The fraction of sp³-hybridized carbons (Fsp3) is 0.0833. The molecule has 0 radical (unpaired) electrons. The molecular formula is C12H11N3O4.